The molecule has 0 saturated carbocycles. The average Bonchev–Trinajstić information content (AvgIpc) is 3.48. The molecule has 0 saturated heterocycles. The Morgan fingerprint density at radius 3 is 1.50 bits per heavy atom. The second kappa shape index (κ2) is 9.76. The maximum absolute atomic E-state index is 2.37. The van der Waals surface area contributed by atoms with Crippen LogP contribution in [0.3, 0.4) is 0 Å². The molecule has 9 aromatic rings. The van der Waals surface area contributed by atoms with Gasteiger partial charge < -0.3 is 0 Å². The van der Waals surface area contributed by atoms with Crippen molar-refractivity contribution in [3.8, 4) is 55.6 Å². The molecule has 1 aliphatic rings. The minimum absolute atomic E-state index is 1.24. The van der Waals surface area contributed by atoms with Crippen LogP contribution in [0.15, 0.2) is 170 Å². The van der Waals surface area contributed by atoms with E-state index in [1.165, 1.54) is 98.7 Å². The second-order valence-electron chi connectivity index (χ2n) is 12.4. The zero-order valence-electron chi connectivity index (χ0n) is 25.2. The molecule has 46 heavy (non-hydrogen) atoms. The molecule has 0 heterocycles. The summed E-state index contributed by atoms with van der Waals surface area (Å²) in [5.41, 5.74) is 12.9. The Labute approximate surface area is 267 Å². The van der Waals surface area contributed by atoms with Gasteiger partial charge in [0.25, 0.3) is 0 Å². The van der Waals surface area contributed by atoms with E-state index in [4.69, 9.17) is 0 Å². The van der Waals surface area contributed by atoms with Gasteiger partial charge in [-0.3, -0.25) is 0 Å². The molecule has 212 valence electrons. The Kier molecular flexibility index (Phi) is 5.38. The first-order valence-corrected chi connectivity index (χ1v) is 16.0. The fourth-order valence-corrected chi connectivity index (χ4v) is 7.98. The van der Waals surface area contributed by atoms with E-state index < -0.39 is 0 Å². The van der Waals surface area contributed by atoms with E-state index in [1.807, 2.05) is 0 Å². The monoisotopic (exact) mass is 580 g/mol. The molecule has 0 aliphatic heterocycles. The summed E-state index contributed by atoms with van der Waals surface area (Å²) >= 11 is 0. The van der Waals surface area contributed by atoms with Crippen LogP contribution in [0.2, 0.25) is 0 Å². The van der Waals surface area contributed by atoms with E-state index in [-0.39, 0.29) is 0 Å². The summed E-state index contributed by atoms with van der Waals surface area (Å²) < 4.78 is 0. The average molecular weight is 581 g/mol. The SMILES string of the molecule is c1ccc(-c2ccc3c(-c4cccc(-c5ccc6c7c(cccc57)-c5c-6c6ccccc6c6ccccc56)c4)cccc3c2)cc1. The van der Waals surface area contributed by atoms with E-state index in [1.54, 1.807) is 0 Å². The maximum atomic E-state index is 2.37. The van der Waals surface area contributed by atoms with Crippen molar-refractivity contribution in [3.63, 3.8) is 0 Å². The van der Waals surface area contributed by atoms with Gasteiger partial charge in [0.05, 0.1) is 0 Å². The zero-order valence-corrected chi connectivity index (χ0v) is 25.2. The predicted octanol–water partition coefficient (Wildman–Crippen LogP) is 12.9. The highest BCUT2D eigenvalue weighted by atomic mass is 14.3. The van der Waals surface area contributed by atoms with Crippen LogP contribution in [-0.4, -0.2) is 0 Å². The smallest absolute Gasteiger partial charge is 0.00137 e. The highest BCUT2D eigenvalue weighted by Gasteiger charge is 2.27. The van der Waals surface area contributed by atoms with Gasteiger partial charge in [-0.1, -0.05) is 158 Å². The molecule has 0 atom stereocenters. The molecule has 0 N–H and O–H groups in total. The molecule has 0 amide bonds. The molecule has 0 fully saturated rings. The summed E-state index contributed by atoms with van der Waals surface area (Å²) in [5.74, 6) is 0. The van der Waals surface area contributed by atoms with E-state index >= 15 is 0 Å². The second-order valence-corrected chi connectivity index (χ2v) is 12.4. The Balaban J connectivity index is 1.15. The molecule has 0 radical (unpaired) electrons. The number of hydrogen-bond donors (Lipinski definition) is 0. The number of fused-ring (bicyclic) bond motifs is 9. The van der Waals surface area contributed by atoms with Gasteiger partial charge in [-0.25, -0.2) is 0 Å². The van der Waals surface area contributed by atoms with E-state index in [9.17, 15) is 0 Å². The van der Waals surface area contributed by atoms with Gasteiger partial charge in [-0.2, -0.15) is 0 Å². The van der Waals surface area contributed by atoms with Crippen LogP contribution in [0.1, 0.15) is 0 Å². The molecule has 0 unspecified atom stereocenters. The Morgan fingerprint density at radius 1 is 0.239 bits per heavy atom. The van der Waals surface area contributed by atoms with Gasteiger partial charge in [0.2, 0.25) is 0 Å². The lowest BCUT2D eigenvalue weighted by atomic mass is 9.90. The summed E-state index contributed by atoms with van der Waals surface area (Å²) in [6.45, 7) is 0. The van der Waals surface area contributed by atoms with Crippen LogP contribution in [0.5, 0.6) is 0 Å². The summed E-state index contributed by atoms with van der Waals surface area (Å²) in [6.07, 6.45) is 0. The summed E-state index contributed by atoms with van der Waals surface area (Å²) in [7, 11) is 0. The first kappa shape index (κ1) is 25.4. The van der Waals surface area contributed by atoms with Gasteiger partial charge in [0, 0.05) is 0 Å². The lowest BCUT2D eigenvalue weighted by Gasteiger charge is -2.13. The maximum Gasteiger partial charge on any atom is -0.00137 e. The first-order valence-electron chi connectivity index (χ1n) is 16.0. The minimum Gasteiger partial charge on any atom is -0.0622 e. The molecule has 0 bridgehead atoms. The van der Waals surface area contributed by atoms with Crippen LogP contribution in [0.25, 0.3) is 98.7 Å². The summed E-state index contributed by atoms with van der Waals surface area (Å²) in [4.78, 5) is 0. The largest absolute Gasteiger partial charge is 0.0622 e. The molecule has 0 heteroatoms. The van der Waals surface area contributed by atoms with Gasteiger partial charge in [-0.05, 0) is 111 Å². The molecular weight excluding hydrogens is 553 g/mol. The third kappa shape index (κ3) is 3.62. The van der Waals surface area contributed by atoms with Crippen molar-refractivity contribution in [3.05, 3.63) is 170 Å². The lowest BCUT2D eigenvalue weighted by molar-refractivity contribution is 1.62. The molecule has 0 nitrogen and oxygen atoms in total. The fraction of sp³-hybridized carbons (Fsp3) is 0. The van der Waals surface area contributed by atoms with E-state index in [0.29, 0.717) is 0 Å². The molecule has 0 aromatic heterocycles. The zero-order chi connectivity index (χ0) is 30.2. The quantitative estimate of drug-likeness (QED) is 0.182. The van der Waals surface area contributed by atoms with Crippen molar-refractivity contribution in [2.45, 2.75) is 0 Å². The topological polar surface area (TPSA) is 0 Å². The van der Waals surface area contributed by atoms with Crippen LogP contribution in [0, 0.1) is 0 Å². The van der Waals surface area contributed by atoms with Crippen LogP contribution >= 0.6 is 0 Å². The normalized spacial score (nSPS) is 11.9. The Hall–Kier alpha value is -5.98. The van der Waals surface area contributed by atoms with Crippen molar-refractivity contribution in [1.82, 2.24) is 0 Å². The van der Waals surface area contributed by atoms with Crippen molar-refractivity contribution in [1.29, 1.82) is 0 Å². The van der Waals surface area contributed by atoms with E-state index in [0.717, 1.165) is 0 Å². The lowest BCUT2D eigenvalue weighted by Crippen LogP contribution is -1.87. The van der Waals surface area contributed by atoms with Gasteiger partial charge >= 0.3 is 0 Å². The third-order valence-corrected chi connectivity index (χ3v) is 9.98. The summed E-state index contributed by atoms with van der Waals surface area (Å²) in [5, 5.41) is 10.5. The molecule has 0 spiro atoms. The molecule has 10 rings (SSSR count). The van der Waals surface area contributed by atoms with Crippen molar-refractivity contribution in [2.75, 3.05) is 0 Å². The van der Waals surface area contributed by atoms with Gasteiger partial charge in [0.1, 0.15) is 0 Å². The molecule has 1 aliphatic carbocycles. The van der Waals surface area contributed by atoms with Crippen LogP contribution in [-0.2, 0) is 0 Å². The van der Waals surface area contributed by atoms with Crippen molar-refractivity contribution >= 4 is 43.1 Å². The minimum atomic E-state index is 1.24. The first-order chi connectivity index (χ1) is 22.8. The van der Waals surface area contributed by atoms with Crippen molar-refractivity contribution in [2.24, 2.45) is 0 Å². The van der Waals surface area contributed by atoms with Gasteiger partial charge in [-0.15, -0.1) is 0 Å². The van der Waals surface area contributed by atoms with Crippen molar-refractivity contribution < 1.29 is 0 Å². The highest BCUT2D eigenvalue weighted by molar-refractivity contribution is 6.31. The van der Waals surface area contributed by atoms with E-state index in [2.05, 4.69) is 170 Å². The van der Waals surface area contributed by atoms with Gasteiger partial charge in [0.15, 0.2) is 0 Å². The predicted molar refractivity (Wildman–Crippen MR) is 197 cm³/mol. The highest BCUT2D eigenvalue weighted by Crippen LogP contribution is 2.54. The number of benzene rings is 9. The number of hydrogen-bond acceptors (Lipinski definition) is 0. The van der Waals surface area contributed by atoms with Crippen LogP contribution in [0.4, 0.5) is 0 Å². The molecule has 9 aromatic carbocycles. The Morgan fingerprint density at radius 2 is 0.761 bits per heavy atom. The molecular formula is C46H28. The fourth-order valence-electron chi connectivity index (χ4n) is 7.98. The summed E-state index contributed by atoms with van der Waals surface area (Å²) in [6, 6.07) is 62.6. The standard InChI is InChI=1S/C46H28/c1-2-11-29(12-3-1)30-23-24-35-31(27-30)15-9-20-34(35)32-13-8-14-33(28-32)36-25-26-43-44-39(36)21-10-22-42(44)45-40-18-6-4-16-37(40)38-17-5-7-19-41(38)46(43)45/h1-28H. The van der Waals surface area contributed by atoms with Crippen LogP contribution < -0.4 is 0 Å². The number of rotatable bonds is 3. The Bertz CT molecular complexity index is 2610. The third-order valence-electron chi connectivity index (χ3n) is 9.98.